The Hall–Kier alpha value is -1.83. The largest absolute Gasteiger partial charge is 0.492 e. The van der Waals surface area contributed by atoms with Gasteiger partial charge in [-0.1, -0.05) is 122 Å². The molecule has 1 heterocycles. The van der Waals surface area contributed by atoms with E-state index in [2.05, 4.69) is 55.2 Å². The van der Waals surface area contributed by atoms with Gasteiger partial charge in [-0.25, -0.2) is 0 Å². The van der Waals surface area contributed by atoms with Gasteiger partial charge in [0.25, 0.3) is 0 Å². The van der Waals surface area contributed by atoms with Crippen LogP contribution in [0.5, 0.6) is 5.75 Å². The second-order valence-electron chi connectivity index (χ2n) is 11.2. The molecule has 1 saturated carbocycles. The number of benzene rings is 1. The van der Waals surface area contributed by atoms with Crippen molar-refractivity contribution in [2.75, 3.05) is 6.61 Å². The Kier molecular flexibility index (Phi) is 14.0. The first-order valence-electron chi connectivity index (χ1n) is 15.5. The molecule has 0 atom stereocenters. The Labute approximate surface area is 222 Å². The predicted octanol–water partition coefficient (Wildman–Crippen LogP) is 10.9. The third-order valence-electron chi connectivity index (χ3n) is 8.24. The summed E-state index contributed by atoms with van der Waals surface area (Å²) in [6.45, 7) is 5.36. The van der Waals surface area contributed by atoms with Gasteiger partial charge in [0, 0.05) is 5.56 Å². The van der Waals surface area contributed by atoms with Crippen LogP contribution in [0.4, 0.5) is 0 Å². The van der Waals surface area contributed by atoms with E-state index >= 15 is 0 Å². The van der Waals surface area contributed by atoms with Gasteiger partial charge in [0.1, 0.15) is 5.75 Å². The molecule has 1 aliphatic rings. The van der Waals surface area contributed by atoms with E-state index in [0.717, 1.165) is 36.3 Å². The maximum absolute atomic E-state index is 5.90. The Morgan fingerprint density at radius 1 is 0.667 bits per heavy atom. The van der Waals surface area contributed by atoms with Gasteiger partial charge in [0.05, 0.1) is 18.5 Å². The Balaban J connectivity index is 1.33. The molecule has 0 radical (unpaired) electrons. The molecule has 2 heteroatoms. The van der Waals surface area contributed by atoms with Crippen LogP contribution in [0, 0.1) is 5.92 Å². The van der Waals surface area contributed by atoms with Crippen molar-refractivity contribution in [2.45, 2.75) is 135 Å². The van der Waals surface area contributed by atoms with E-state index < -0.39 is 0 Å². The van der Waals surface area contributed by atoms with Gasteiger partial charge in [-0.3, -0.25) is 4.98 Å². The quantitative estimate of drug-likeness (QED) is 0.193. The minimum Gasteiger partial charge on any atom is -0.492 e. The molecule has 0 aliphatic heterocycles. The highest BCUT2D eigenvalue weighted by Crippen LogP contribution is 2.38. The van der Waals surface area contributed by atoms with Crippen LogP contribution < -0.4 is 4.74 Å². The lowest BCUT2D eigenvalue weighted by molar-refractivity contribution is 0.302. The molecule has 1 fully saturated rings. The van der Waals surface area contributed by atoms with Crippen molar-refractivity contribution in [1.29, 1.82) is 0 Å². The van der Waals surface area contributed by atoms with E-state index in [1.807, 2.05) is 6.20 Å². The van der Waals surface area contributed by atoms with E-state index in [1.165, 1.54) is 120 Å². The zero-order valence-corrected chi connectivity index (χ0v) is 23.5. The van der Waals surface area contributed by atoms with E-state index in [9.17, 15) is 0 Å². The molecule has 36 heavy (non-hydrogen) atoms. The van der Waals surface area contributed by atoms with Gasteiger partial charge in [-0.2, -0.15) is 0 Å². The second-order valence-corrected chi connectivity index (χ2v) is 11.2. The van der Waals surface area contributed by atoms with Crippen LogP contribution in [-0.4, -0.2) is 11.6 Å². The lowest BCUT2D eigenvalue weighted by Gasteiger charge is -2.29. The van der Waals surface area contributed by atoms with E-state index in [4.69, 9.17) is 4.74 Å². The molecule has 0 spiro atoms. The number of unbranched alkanes of at least 4 members (excludes halogenated alkanes) is 11. The fraction of sp³-hybridized carbons (Fsp3) is 0.676. The van der Waals surface area contributed by atoms with Crippen molar-refractivity contribution < 1.29 is 4.74 Å². The van der Waals surface area contributed by atoms with Crippen LogP contribution in [0.3, 0.4) is 0 Å². The topological polar surface area (TPSA) is 22.1 Å². The number of hydrogen-bond acceptors (Lipinski definition) is 2. The predicted molar refractivity (Wildman–Crippen MR) is 156 cm³/mol. The van der Waals surface area contributed by atoms with Gasteiger partial charge in [0.2, 0.25) is 0 Å². The lowest BCUT2D eigenvalue weighted by atomic mass is 9.77. The monoisotopic (exact) mass is 491 g/mol. The maximum atomic E-state index is 5.90. The first-order chi connectivity index (χ1) is 17.8. The van der Waals surface area contributed by atoms with E-state index in [0.29, 0.717) is 0 Å². The van der Waals surface area contributed by atoms with Crippen molar-refractivity contribution in [3.05, 3.63) is 48.2 Å². The van der Waals surface area contributed by atoms with Crippen molar-refractivity contribution in [3.63, 3.8) is 0 Å². The molecule has 1 aromatic heterocycles. The summed E-state index contributed by atoms with van der Waals surface area (Å²) in [6.07, 6.45) is 26.7. The normalized spacial score (nSPS) is 17.8. The summed E-state index contributed by atoms with van der Waals surface area (Å²) >= 11 is 0. The van der Waals surface area contributed by atoms with Gasteiger partial charge in [0.15, 0.2) is 0 Å². The zero-order valence-electron chi connectivity index (χ0n) is 23.5. The SMILES string of the molecule is CCCCCCCCCC1CCC(c2ccc(-c3ccc(OCCCCCCCC)cn3)cc2)CC1. The van der Waals surface area contributed by atoms with Gasteiger partial charge in [-0.05, 0) is 61.6 Å². The van der Waals surface area contributed by atoms with Crippen LogP contribution >= 0.6 is 0 Å². The number of rotatable bonds is 18. The Bertz CT molecular complexity index is 789. The molecule has 0 bridgehead atoms. The Morgan fingerprint density at radius 2 is 1.28 bits per heavy atom. The average molecular weight is 492 g/mol. The summed E-state index contributed by atoms with van der Waals surface area (Å²) < 4.78 is 5.90. The molecule has 1 aliphatic carbocycles. The fourth-order valence-corrected chi connectivity index (χ4v) is 5.81. The van der Waals surface area contributed by atoms with Gasteiger partial charge in [-0.15, -0.1) is 0 Å². The van der Waals surface area contributed by atoms with Crippen LogP contribution in [0.15, 0.2) is 42.6 Å². The molecule has 1 aromatic carbocycles. The minimum atomic E-state index is 0.745. The standard InChI is InChI=1S/C34H53NO/c1-3-5-7-9-11-12-14-16-29-17-19-30(20-18-29)31-21-23-32(24-22-31)34-26-25-33(28-35-34)36-27-15-13-10-8-6-4-2/h21-26,28-30H,3-20,27H2,1-2H3. The summed E-state index contributed by atoms with van der Waals surface area (Å²) in [6, 6.07) is 13.4. The van der Waals surface area contributed by atoms with Gasteiger partial charge < -0.3 is 4.74 Å². The minimum absolute atomic E-state index is 0.745. The highest BCUT2D eigenvalue weighted by atomic mass is 16.5. The smallest absolute Gasteiger partial charge is 0.137 e. The van der Waals surface area contributed by atoms with E-state index in [-0.39, 0.29) is 0 Å². The van der Waals surface area contributed by atoms with Crippen molar-refractivity contribution in [3.8, 4) is 17.0 Å². The van der Waals surface area contributed by atoms with Crippen LogP contribution in [-0.2, 0) is 0 Å². The molecule has 3 rings (SSSR count). The van der Waals surface area contributed by atoms with Crippen molar-refractivity contribution >= 4 is 0 Å². The van der Waals surface area contributed by atoms with Gasteiger partial charge >= 0.3 is 0 Å². The highest BCUT2D eigenvalue weighted by Gasteiger charge is 2.22. The molecule has 200 valence electrons. The highest BCUT2D eigenvalue weighted by molar-refractivity contribution is 5.60. The molecule has 0 saturated heterocycles. The number of nitrogens with zero attached hydrogens (tertiary/aromatic N) is 1. The molecule has 2 nitrogen and oxygen atoms in total. The Morgan fingerprint density at radius 3 is 1.89 bits per heavy atom. The van der Waals surface area contributed by atoms with Crippen molar-refractivity contribution in [2.24, 2.45) is 5.92 Å². The van der Waals surface area contributed by atoms with E-state index in [1.54, 1.807) is 0 Å². The summed E-state index contributed by atoms with van der Waals surface area (Å²) in [5.74, 6) is 2.61. The van der Waals surface area contributed by atoms with Crippen molar-refractivity contribution in [1.82, 2.24) is 4.98 Å². The van der Waals surface area contributed by atoms with Crippen LogP contribution in [0.1, 0.15) is 141 Å². The molecular formula is C34H53NO. The summed E-state index contributed by atoms with van der Waals surface area (Å²) in [5.41, 5.74) is 3.76. The third-order valence-corrected chi connectivity index (χ3v) is 8.24. The third kappa shape index (κ3) is 10.7. The summed E-state index contributed by atoms with van der Waals surface area (Å²) in [5, 5.41) is 0. The first kappa shape index (κ1) is 28.7. The molecule has 0 N–H and O–H groups in total. The number of aromatic nitrogens is 1. The molecule has 2 aromatic rings. The number of hydrogen-bond donors (Lipinski definition) is 0. The number of pyridine rings is 1. The second kappa shape index (κ2) is 17.6. The molecule has 0 amide bonds. The number of ether oxygens (including phenoxy) is 1. The fourth-order valence-electron chi connectivity index (χ4n) is 5.81. The van der Waals surface area contributed by atoms with Crippen LogP contribution in [0.2, 0.25) is 0 Å². The maximum Gasteiger partial charge on any atom is 0.137 e. The van der Waals surface area contributed by atoms with Crippen LogP contribution in [0.25, 0.3) is 11.3 Å². The summed E-state index contributed by atoms with van der Waals surface area (Å²) in [4.78, 5) is 4.67. The molecular weight excluding hydrogens is 438 g/mol. The lowest BCUT2D eigenvalue weighted by Crippen LogP contribution is -2.13. The average Bonchev–Trinajstić information content (AvgIpc) is 2.93. The summed E-state index contributed by atoms with van der Waals surface area (Å²) in [7, 11) is 0. The molecule has 0 unspecified atom stereocenters. The first-order valence-corrected chi connectivity index (χ1v) is 15.5. The zero-order chi connectivity index (χ0) is 25.3.